The van der Waals surface area contributed by atoms with Crippen LogP contribution in [0.15, 0.2) is 12.1 Å². The smallest absolute Gasteiger partial charge is 0.310 e. The number of rotatable bonds is 6. The third-order valence-electron chi connectivity index (χ3n) is 1.86. The van der Waals surface area contributed by atoms with E-state index in [9.17, 15) is 9.59 Å². The first-order chi connectivity index (χ1) is 7.61. The highest BCUT2D eigenvalue weighted by molar-refractivity contribution is 7.12. The Labute approximate surface area is 97.6 Å². The summed E-state index contributed by atoms with van der Waals surface area (Å²) in [5, 5.41) is 2.90. The molecule has 1 heterocycles. The predicted octanol–water partition coefficient (Wildman–Crippen LogP) is 0.0385. The molecule has 0 saturated carbocycles. The zero-order valence-electron chi connectivity index (χ0n) is 8.99. The quantitative estimate of drug-likeness (QED) is 0.690. The fourth-order valence-electron chi connectivity index (χ4n) is 1.14. The Morgan fingerprint density at radius 3 is 2.75 bits per heavy atom. The van der Waals surface area contributed by atoms with Crippen molar-refractivity contribution in [1.29, 1.82) is 0 Å². The van der Waals surface area contributed by atoms with E-state index in [-0.39, 0.29) is 24.8 Å². The summed E-state index contributed by atoms with van der Waals surface area (Å²) >= 11 is 1.51. The van der Waals surface area contributed by atoms with E-state index in [4.69, 9.17) is 5.73 Å². The van der Waals surface area contributed by atoms with Crippen LogP contribution in [0, 0.1) is 0 Å². The normalized spacial score (nSPS) is 10.1. The third kappa shape index (κ3) is 4.41. The minimum atomic E-state index is -0.383. The standard InChI is InChI=1S/C10H14N2O3S/c1-15-10(14)4-7-2-3-8(16-7)5-12-6-9(11)13/h2-3,12H,4-6H2,1H3,(H2,11,13). The van der Waals surface area contributed by atoms with Crippen molar-refractivity contribution in [1.82, 2.24) is 5.32 Å². The highest BCUT2D eigenvalue weighted by Crippen LogP contribution is 2.17. The Bertz CT molecular complexity index is 376. The minimum Gasteiger partial charge on any atom is -0.469 e. The maximum Gasteiger partial charge on any atom is 0.310 e. The lowest BCUT2D eigenvalue weighted by Gasteiger charge is -1.98. The molecule has 0 aliphatic heterocycles. The molecule has 5 nitrogen and oxygen atoms in total. The summed E-state index contributed by atoms with van der Waals surface area (Å²) in [7, 11) is 1.37. The number of amides is 1. The van der Waals surface area contributed by atoms with Crippen LogP contribution >= 0.6 is 11.3 Å². The lowest BCUT2D eigenvalue weighted by atomic mass is 10.3. The first-order valence-electron chi connectivity index (χ1n) is 4.75. The van der Waals surface area contributed by atoms with Crippen LogP contribution in [0.2, 0.25) is 0 Å². The fraction of sp³-hybridized carbons (Fsp3) is 0.400. The topological polar surface area (TPSA) is 81.4 Å². The van der Waals surface area contributed by atoms with Crippen LogP contribution in [0.4, 0.5) is 0 Å². The fourth-order valence-corrected chi connectivity index (χ4v) is 2.11. The monoisotopic (exact) mass is 242 g/mol. The van der Waals surface area contributed by atoms with E-state index in [0.717, 1.165) is 9.75 Å². The second kappa shape index (κ2) is 6.24. The van der Waals surface area contributed by atoms with Gasteiger partial charge in [-0.15, -0.1) is 11.3 Å². The van der Waals surface area contributed by atoms with E-state index in [0.29, 0.717) is 6.54 Å². The molecular formula is C10H14N2O3S. The molecule has 1 aromatic rings. The zero-order valence-corrected chi connectivity index (χ0v) is 9.80. The van der Waals surface area contributed by atoms with Gasteiger partial charge in [-0.3, -0.25) is 9.59 Å². The summed E-state index contributed by atoms with van der Waals surface area (Å²) in [6.07, 6.45) is 0.289. The predicted molar refractivity (Wildman–Crippen MR) is 60.9 cm³/mol. The number of carbonyl (C=O) groups is 2. The molecule has 1 rings (SSSR count). The molecule has 0 aromatic carbocycles. The third-order valence-corrected chi connectivity index (χ3v) is 2.95. The van der Waals surface area contributed by atoms with Gasteiger partial charge < -0.3 is 15.8 Å². The summed E-state index contributed by atoms with van der Waals surface area (Å²) in [6, 6.07) is 3.79. The van der Waals surface area contributed by atoms with Gasteiger partial charge in [-0.1, -0.05) is 0 Å². The number of primary amides is 1. The van der Waals surface area contributed by atoms with Gasteiger partial charge in [0.15, 0.2) is 0 Å². The van der Waals surface area contributed by atoms with E-state index in [1.165, 1.54) is 18.4 Å². The Morgan fingerprint density at radius 2 is 2.12 bits per heavy atom. The van der Waals surface area contributed by atoms with Gasteiger partial charge in [-0.2, -0.15) is 0 Å². The molecule has 1 aromatic heterocycles. The number of hydrogen-bond donors (Lipinski definition) is 2. The number of esters is 1. The molecular weight excluding hydrogens is 228 g/mol. The highest BCUT2D eigenvalue weighted by Gasteiger charge is 2.06. The zero-order chi connectivity index (χ0) is 12.0. The van der Waals surface area contributed by atoms with Gasteiger partial charge in [0.25, 0.3) is 0 Å². The summed E-state index contributed by atoms with van der Waals surface area (Å²) in [5.74, 6) is -0.634. The molecule has 3 N–H and O–H groups in total. The summed E-state index contributed by atoms with van der Waals surface area (Å²) in [4.78, 5) is 23.5. The summed E-state index contributed by atoms with van der Waals surface area (Å²) in [5.41, 5.74) is 4.99. The number of nitrogens with one attached hydrogen (secondary N) is 1. The van der Waals surface area contributed by atoms with Crippen molar-refractivity contribution in [2.75, 3.05) is 13.7 Å². The Kier molecular flexibility index (Phi) is 4.94. The molecule has 0 fully saturated rings. The van der Waals surface area contributed by atoms with Gasteiger partial charge in [-0.05, 0) is 12.1 Å². The van der Waals surface area contributed by atoms with Crippen molar-refractivity contribution in [3.05, 3.63) is 21.9 Å². The largest absolute Gasteiger partial charge is 0.469 e. The second-order valence-corrected chi connectivity index (χ2v) is 4.44. The molecule has 1 amide bonds. The maximum absolute atomic E-state index is 11.0. The number of nitrogens with two attached hydrogens (primary N) is 1. The summed E-state index contributed by atoms with van der Waals surface area (Å²) in [6.45, 7) is 0.735. The number of hydrogen-bond acceptors (Lipinski definition) is 5. The van der Waals surface area contributed by atoms with Gasteiger partial charge in [0, 0.05) is 16.3 Å². The van der Waals surface area contributed by atoms with Crippen LogP contribution in [-0.2, 0) is 27.3 Å². The molecule has 0 aliphatic carbocycles. The summed E-state index contributed by atoms with van der Waals surface area (Å²) < 4.78 is 4.57. The highest BCUT2D eigenvalue weighted by atomic mass is 32.1. The average molecular weight is 242 g/mol. The van der Waals surface area contributed by atoms with Crippen LogP contribution in [0.25, 0.3) is 0 Å². The van der Waals surface area contributed by atoms with Crippen molar-refractivity contribution < 1.29 is 14.3 Å². The Balaban J connectivity index is 2.39. The number of methoxy groups -OCH3 is 1. The van der Waals surface area contributed by atoms with E-state index >= 15 is 0 Å². The van der Waals surface area contributed by atoms with Gasteiger partial charge in [0.1, 0.15) is 0 Å². The first kappa shape index (κ1) is 12.7. The number of ether oxygens (including phenoxy) is 1. The van der Waals surface area contributed by atoms with Crippen LogP contribution in [-0.4, -0.2) is 25.5 Å². The van der Waals surface area contributed by atoms with Crippen LogP contribution in [0.5, 0.6) is 0 Å². The number of thiophene rings is 1. The van der Waals surface area contributed by atoms with Crippen molar-refractivity contribution in [2.24, 2.45) is 5.73 Å². The van der Waals surface area contributed by atoms with Crippen LogP contribution in [0.1, 0.15) is 9.75 Å². The van der Waals surface area contributed by atoms with Crippen LogP contribution in [0.3, 0.4) is 0 Å². The molecule has 88 valence electrons. The molecule has 16 heavy (non-hydrogen) atoms. The van der Waals surface area contributed by atoms with E-state index < -0.39 is 0 Å². The van der Waals surface area contributed by atoms with Crippen molar-refractivity contribution >= 4 is 23.2 Å². The van der Waals surface area contributed by atoms with E-state index in [2.05, 4.69) is 10.1 Å². The molecule has 0 bridgehead atoms. The van der Waals surface area contributed by atoms with Crippen molar-refractivity contribution in [2.45, 2.75) is 13.0 Å². The van der Waals surface area contributed by atoms with Crippen molar-refractivity contribution in [3.8, 4) is 0 Å². The minimum absolute atomic E-state index is 0.157. The van der Waals surface area contributed by atoms with Gasteiger partial charge in [0.05, 0.1) is 20.1 Å². The van der Waals surface area contributed by atoms with E-state index in [1.807, 2.05) is 12.1 Å². The lowest BCUT2D eigenvalue weighted by molar-refractivity contribution is -0.139. The molecule has 0 atom stereocenters. The SMILES string of the molecule is COC(=O)Cc1ccc(CNCC(N)=O)s1. The molecule has 0 saturated heterocycles. The Morgan fingerprint density at radius 1 is 1.44 bits per heavy atom. The molecule has 0 radical (unpaired) electrons. The molecule has 6 heteroatoms. The molecule has 0 aliphatic rings. The Hall–Kier alpha value is -1.40. The van der Waals surface area contributed by atoms with Gasteiger partial charge >= 0.3 is 5.97 Å². The van der Waals surface area contributed by atoms with Crippen LogP contribution < -0.4 is 11.1 Å². The molecule has 0 unspecified atom stereocenters. The van der Waals surface area contributed by atoms with Gasteiger partial charge in [0.2, 0.25) is 5.91 Å². The average Bonchev–Trinajstić information content (AvgIpc) is 2.65. The van der Waals surface area contributed by atoms with E-state index in [1.54, 1.807) is 0 Å². The lowest BCUT2D eigenvalue weighted by Crippen LogP contribution is -2.27. The first-order valence-corrected chi connectivity index (χ1v) is 5.57. The molecule has 0 spiro atoms. The van der Waals surface area contributed by atoms with Gasteiger partial charge in [-0.25, -0.2) is 0 Å². The van der Waals surface area contributed by atoms with Crippen molar-refractivity contribution in [3.63, 3.8) is 0 Å². The maximum atomic E-state index is 11.0. The number of carbonyl (C=O) groups excluding carboxylic acids is 2. The second-order valence-electron chi connectivity index (χ2n) is 3.19.